The summed E-state index contributed by atoms with van der Waals surface area (Å²) in [6.45, 7) is 0. The first-order chi connectivity index (χ1) is 11.0. The Morgan fingerprint density at radius 3 is 2.43 bits per heavy atom. The zero-order valence-electron chi connectivity index (χ0n) is 11.6. The minimum absolute atomic E-state index is 0.132. The molecule has 0 spiro atoms. The SMILES string of the molecule is FC(F)(F)c1nc(-c2ccc(CSc3ccccc3)nc2)no1. The van der Waals surface area contributed by atoms with Crippen molar-refractivity contribution in [3.63, 3.8) is 0 Å². The number of thioether (sulfide) groups is 1. The van der Waals surface area contributed by atoms with Gasteiger partial charge in [-0.2, -0.15) is 18.2 Å². The van der Waals surface area contributed by atoms with Crippen molar-refractivity contribution in [2.45, 2.75) is 16.8 Å². The Hall–Kier alpha value is -2.35. The van der Waals surface area contributed by atoms with E-state index in [-0.39, 0.29) is 5.82 Å². The van der Waals surface area contributed by atoms with Crippen LogP contribution in [0.2, 0.25) is 0 Å². The minimum atomic E-state index is -4.65. The number of nitrogens with zero attached hydrogens (tertiary/aromatic N) is 3. The van der Waals surface area contributed by atoms with E-state index < -0.39 is 12.1 Å². The van der Waals surface area contributed by atoms with E-state index >= 15 is 0 Å². The van der Waals surface area contributed by atoms with Crippen molar-refractivity contribution >= 4 is 11.8 Å². The molecule has 0 amide bonds. The first kappa shape index (κ1) is 15.5. The van der Waals surface area contributed by atoms with Gasteiger partial charge in [0.25, 0.3) is 0 Å². The van der Waals surface area contributed by atoms with Gasteiger partial charge in [-0.3, -0.25) is 4.98 Å². The van der Waals surface area contributed by atoms with Gasteiger partial charge in [0.2, 0.25) is 5.82 Å². The summed E-state index contributed by atoms with van der Waals surface area (Å²) in [6.07, 6.45) is -3.21. The summed E-state index contributed by atoms with van der Waals surface area (Å²) in [7, 11) is 0. The van der Waals surface area contributed by atoms with Crippen LogP contribution in [0.15, 0.2) is 58.1 Å². The van der Waals surface area contributed by atoms with Crippen LogP contribution in [0.5, 0.6) is 0 Å². The summed E-state index contributed by atoms with van der Waals surface area (Å²) in [5.41, 5.74) is 1.18. The van der Waals surface area contributed by atoms with Crippen LogP contribution in [-0.4, -0.2) is 15.1 Å². The third-order valence-corrected chi connectivity index (χ3v) is 3.93. The van der Waals surface area contributed by atoms with Gasteiger partial charge in [-0.05, 0) is 24.3 Å². The second-order valence-electron chi connectivity index (χ2n) is 4.56. The number of benzene rings is 1. The molecule has 0 aliphatic rings. The zero-order valence-corrected chi connectivity index (χ0v) is 12.4. The number of halogens is 3. The van der Waals surface area contributed by atoms with Gasteiger partial charge in [-0.1, -0.05) is 23.4 Å². The van der Waals surface area contributed by atoms with Crippen molar-refractivity contribution < 1.29 is 17.7 Å². The molecule has 23 heavy (non-hydrogen) atoms. The molecule has 0 bridgehead atoms. The summed E-state index contributed by atoms with van der Waals surface area (Å²) >= 11 is 1.62. The second-order valence-corrected chi connectivity index (χ2v) is 5.61. The van der Waals surface area contributed by atoms with Gasteiger partial charge in [0.1, 0.15) is 0 Å². The monoisotopic (exact) mass is 337 g/mol. The van der Waals surface area contributed by atoms with Crippen LogP contribution < -0.4 is 0 Å². The van der Waals surface area contributed by atoms with E-state index in [1.54, 1.807) is 23.9 Å². The predicted octanol–water partition coefficient (Wildman–Crippen LogP) is 4.44. The number of aromatic nitrogens is 3. The quantitative estimate of drug-likeness (QED) is 0.659. The molecule has 0 fully saturated rings. The fourth-order valence-corrected chi connectivity index (χ4v) is 2.61. The van der Waals surface area contributed by atoms with Crippen molar-refractivity contribution in [1.29, 1.82) is 0 Å². The summed E-state index contributed by atoms with van der Waals surface area (Å²) < 4.78 is 41.5. The van der Waals surface area contributed by atoms with Crippen LogP contribution >= 0.6 is 11.8 Å². The molecule has 4 nitrogen and oxygen atoms in total. The van der Waals surface area contributed by atoms with Gasteiger partial charge < -0.3 is 4.52 Å². The van der Waals surface area contributed by atoms with E-state index in [9.17, 15) is 13.2 Å². The third kappa shape index (κ3) is 3.89. The highest BCUT2D eigenvalue weighted by Gasteiger charge is 2.38. The molecule has 8 heteroatoms. The molecular weight excluding hydrogens is 327 g/mol. The number of rotatable bonds is 4. The largest absolute Gasteiger partial charge is 0.471 e. The molecule has 0 atom stereocenters. The van der Waals surface area contributed by atoms with Gasteiger partial charge >= 0.3 is 12.1 Å². The maximum Gasteiger partial charge on any atom is 0.471 e. The molecule has 0 unspecified atom stereocenters. The van der Waals surface area contributed by atoms with Crippen LogP contribution in [0.4, 0.5) is 13.2 Å². The first-order valence-corrected chi connectivity index (χ1v) is 7.55. The van der Waals surface area contributed by atoms with Crippen molar-refractivity contribution in [1.82, 2.24) is 15.1 Å². The lowest BCUT2D eigenvalue weighted by Gasteiger charge is -2.02. The molecule has 0 saturated carbocycles. The van der Waals surface area contributed by atoms with Crippen LogP contribution in [0.25, 0.3) is 11.4 Å². The Bertz CT molecular complexity index is 773. The van der Waals surface area contributed by atoms with Crippen molar-refractivity contribution in [3.8, 4) is 11.4 Å². The average Bonchev–Trinajstić information content (AvgIpc) is 3.05. The van der Waals surface area contributed by atoms with Crippen LogP contribution in [0.1, 0.15) is 11.6 Å². The Labute approximate surface area is 133 Å². The fourth-order valence-electron chi connectivity index (χ4n) is 1.77. The molecule has 2 aromatic heterocycles. The normalized spacial score (nSPS) is 11.6. The van der Waals surface area contributed by atoms with Gasteiger partial charge in [0.05, 0.1) is 5.69 Å². The van der Waals surface area contributed by atoms with E-state index in [2.05, 4.69) is 19.6 Å². The van der Waals surface area contributed by atoms with E-state index in [4.69, 9.17) is 0 Å². The molecule has 3 rings (SSSR count). The lowest BCUT2D eigenvalue weighted by Crippen LogP contribution is -2.04. The Balaban J connectivity index is 1.68. The predicted molar refractivity (Wildman–Crippen MR) is 78.5 cm³/mol. The van der Waals surface area contributed by atoms with E-state index in [1.165, 1.54) is 6.20 Å². The Morgan fingerprint density at radius 2 is 1.83 bits per heavy atom. The summed E-state index contributed by atoms with van der Waals surface area (Å²) in [6, 6.07) is 13.2. The topological polar surface area (TPSA) is 51.8 Å². The summed E-state index contributed by atoms with van der Waals surface area (Å²) in [4.78, 5) is 8.66. The lowest BCUT2D eigenvalue weighted by molar-refractivity contribution is -0.159. The molecule has 0 aliphatic heterocycles. The third-order valence-electron chi connectivity index (χ3n) is 2.88. The lowest BCUT2D eigenvalue weighted by atomic mass is 10.2. The molecule has 0 radical (unpaired) electrons. The van der Waals surface area contributed by atoms with Crippen LogP contribution in [0, 0.1) is 0 Å². The highest BCUT2D eigenvalue weighted by atomic mass is 32.2. The van der Waals surface area contributed by atoms with Crippen molar-refractivity contribution in [2.75, 3.05) is 0 Å². The molecular formula is C15H10F3N3OS. The van der Waals surface area contributed by atoms with Gasteiger partial charge in [0.15, 0.2) is 0 Å². The summed E-state index contributed by atoms with van der Waals surface area (Å²) in [5, 5.41) is 3.32. The molecule has 0 saturated heterocycles. The van der Waals surface area contributed by atoms with Crippen LogP contribution in [-0.2, 0) is 11.9 Å². The number of alkyl halides is 3. The zero-order chi connectivity index (χ0) is 16.3. The molecule has 2 heterocycles. The van der Waals surface area contributed by atoms with Crippen LogP contribution in [0.3, 0.4) is 0 Å². The van der Waals surface area contributed by atoms with Gasteiger partial charge in [-0.25, -0.2) is 0 Å². The van der Waals surface area contributed by atoms with Crippen molar-refractivity contribution in [2.24, 2.45) is 0 Å². The highest BCUT2D eigenvalue weighted by Crippen LogP contribution is 2.29. The summed E-state index contributed by atoms with van der Waals surface area (Å²) in [5.74, 6) is -0.840. The van der Waals surface area contributed by atoms with Crippen molar-refractivity contribution in [3.05, 3.63) is 60.2 Å². The number of hydrogen-bond donors (Lipinski definition) is 0. The smallest absolute Gasteiger partial charge is 0.329 e. The minimum Gasteiger partial charge on any atom is -0.329 e. The molecule has 0 aliphatic carbocycles. The fraction of sp³-hybridized carbons (Fsp3) is 0.133. The molecule has 1 aromatic carbocycles. The maximum absolute atomic E-state index is 12.4. The Morgan fingerprint density at radius 1 is 1.04 bits per heavy atom. The average molecular weight is 337 g/mol. The Kier molecular flexibility index (Phi) is 4.33. The van der Waals surface area contributed by atoms with Gasteiger partial charge in [0, 0.05) is 22.4 Å². The first-order valence-electron chi connectivity index (χ1n) is 6.56. The number of pyridine rings is 1. The standard InChI is InChI=1S/C15H10F3N3OS/c16-15(17,18)14-20-13(21-22-14)10-6-7-11(19-8-10)9-23-12-4-2-1-3-5-12/h1-8H,9H2. The van der Waals surface area contributed by atoms with Gasteiger partial charge in [-0.15, -0.1) is 11.8 Å². The maximum atomic E-state index is 12.4. The molecule has 118 valence electrons. The van der Waals surface area contributed by atoms with E-state index in [0.29, 0.717) is 11.3 Å². The van der Waals surface area contributed by atoms with E-state index in [0.717, 1.165) is 10.6 Å². The molecule has 3 aromatic rings. The second kappa shape index (κ2) is 6.41. The molecule has 0 N–H and O–H groups in total. The highest BCUT2D eigenvalue weighted by molar-refractivity contribution is 7.98. The number of hydrogen-bond acceptors (Lipinski definition) is 5. The van der Waals surface area contributed by atoms with E-state index in [1.807, 2.05) is 30.3 Å².